The topological polar surface area (TPSA) is 42.2 Å². The number of hydrogen-bond donors (Lipinski definition) is 1. The van der Waals surface area contributed by atoms with E-state index in [1.54, 1.807) is 0 Å². The molecule has 158 valence electrons. The maximum absolute atomic E-state index is 13.0. The van der Waals surface area contributed by atoms with Gasteiger partial charge in [-0.1, -0.05) is 31.2 Å². The van der Waals surface area contributed by atoms with Crippen LogP contribution in [-0.2, 0) is 17.6 Å². The Balaban J connectivity index is 1.31. The van der Waals surface area contributed by atoms with Crippen LogP contribution in [0.1, 0.15) is 61.8 Å². The Kier molecular flexibility index (Phi) is 6.51. The maximum atomic E-state index is 13.0. The smallest absolute Gasteiger partial charge is 0.219 e. The van der Waals surface area contributed by atoms with Crippen LogP contribution < -0.4 is 5.32 Å². The van der Waals surface area contributed by atoms with Gasteiger partial charge in [-0.05, 0) is 79.3 Å². The lowest BCUT2D eigenvalue weighted by atomic mass is 10.0. The van der Waals surface area contributed by atoms with Crippen molar-refractivity contribution in [2.45, 2.75) is 57.8 Å². The van der Waals surface area contributed by atoms with Gasteiger partial charge in [-0.2, -0.15) is 0 Å². The minimum absolute atomic E-state index is 0.160. The standard InChI is InChI=1S/C26H30FNO2/c1-2-6-26(29)28-17-19-15-23(19)22-9-5-10-25-24(22)16-21(30-25)8-4-3-7-18-11-13-20(27)14-12-18/h5,9-14,16,19,23H,2-4,6-8,15,17H2,1H3,(H,28,29)/t19-,23+/m0/s1. The molecule has 0 spiro atoms. The summed E-state index contributed by atoms with van der Waals surface area (Å²) in [6.45, 7) is 2.80. The van der Waals surface area contributed by atoms with Crippen LogP contribution in [0.3, 0.4) is 0 Å². The van der Waals surface area contributed by atoms with Crippen LogP contribution in [0.4, 0.5) is 4.39 Å². The predicted molar refractivity (Wildman–Crippen MR) is 118 cm³/mol. The average molecular weight is 408 g/mol. The minimum Gasteiger partial charge on any atom is -0.461 e. The molecule has 1 aromatic heterocycles. The van der Waals surface area contributed by atoms with Crippen molar-refractivity contribution < 1.29 is 13.6 Å². The largest absolute Gasteiger partial charge is 0.461 e. The van der Waals surface area contributed by atoms with Crippen LogP contribution in [0, 0.1) is 11.7 Å². The van der Waals surface area contributed by atoms with E-state index >= 15 is 0 Å². The highest BCUT2D eigenvalue weighted by molar-refractivity contribution is 5.83. The third kappa shape index (κ3) is 5.10. The zero-order valence-electron chi connectivity index (χ0n) is 17.6. The average Bonchev–Trinajstić information content (AvgIpc) is 3.39. The molecule has 0 saturated heterocycles. The van der Waals surface area contributed by atoms with E-state index in [0.717, 1.165) is 56.4 Å². The molecule has 1 aliphatic carbocycles. The lowest BCUT2D eigenvalue weighted by Crippen LogP contribution is -2.25. The van der Waals surface area contributed by atoms with Gasteiger partial charge in [-0.3, -0.25) is 4.79 Å². The molecule has 0 aliphatic heterocycles. The van der Waals surface area contributed by atoms with E-state index in [-0.39, 0.29) is 11.7 Å². The molecule has 0 bridgehead atoms. The molecule has 1 fully saturated rings. The quantitative estimate of drug-likeness (QED) is 0.409. The molecule has 4 heteroatoms. The number of nitrogens with one attached hydrogen (secondary N) is 1. The van der Waals surface area contributed by atoms with Crippen molar-refractivity contribution in [3.8, 4) is 0 Å². The summed E-state index contributed by atoms with van der Waals surface area (Å²) in [5, 5.41) is 4.29. The Labute approximate surface area is 177 Å². The molecule has 3 aromatic rings. The van der Waals surface area contributed by atoms with Crippen LogP contribution in [-0.4, -0.2) is 12.5 Å². The van der Waals surface area contributed by atoms with Gasteiger partial charge >= 0.3 is 0 Å². The van der Waals surface area contributed by atoms with E-state index in [2.05, 4.69) is 23.5 Å². The molecule has 1 heterocycles. The summed E-state index contributed by atoms with van der Waals surface area (Å²) in [6.07, 6.45) is 6.60. The van der Waals surface area contributed by atoms with Gasteiger partial charge in [-0.15, -0.1) is 0 Å². The Morgan fingerprint density at radius 2 is 1.93 bits per heavy atom. The molecule has 2 atom stereocenters. The van der Waals surface area contributed by atoms with E-state index in [9.17, 15) is 9.18 Å². The number of hydrogen-bond acceptors (Lipinski definition) is 2. The van der Waals surface area contributed by atoms with E-state index in [1.165, 1.54) is 28.6 Å². The highest BCUT2D eigenvalue weighted by Gasteiger charge is 2.39. The minimum atomic E-state index is -0.182. The van der Waals surface area contributed by atoms with Crippen LogP contribution in [0.25, 0.3) is 11.0 Å². The highest BCUT2D eigenvalue weighted by atomic mass is 19.1. The van der Waals surface area contributed by atoms with Gasteiger partial charge in [0.25, 0.3) is 0 Å². The van der Waals surface area contributed by atoms with E-state index in [4.69, 9.17) is 4.42 Å². The third-order valence-corrected chi connectivity index (χ3v) is 6.06. The van der Waals surface area contributed by atoms with Crippen LogP contribution in [0.2, 0.25) is 0 Å². The van der Waals surface area contributed by atoms with E-state index < -0.39 is 0 Å². The fourth-order valence-electron chi connectivity index (χ4n) is 4.28. The molecule has 2 aromatic carbocycles. The lowest BCUT2D eigenvalue weighted by molar-refractivity contribution is -0.121. The summed E-state index contributed by atoms with van der Waals surface area (Å²) in [5.74, 6) is 2.06. The van der Waals surface area contributed by atoms with Gasteiger partial charge in [0.1, 0.15) is 17.2 Å². The van der Waals surface area contributed by atoms with Gasteiger partial charge in [0.2, 0.25) is 5.91 Å². The van der Waals surface area contributed by atoms with Crippen molar-refractivity contribution in [2.24, 2.45) is 5.92 Å². The summed E-state index contributed by atoms with van der Waals surface area (Å²) in [6, 6.07) is 15.3. The zero-order valence-corrected chi connectivity index (χ0v) is 17.6. The first-order valence-corrected chi connectivity index (χ1v) is 11.2. The first-order valence-electron chi connectivity index (χ1n) is 11.2. The van der Waals surface area contributed by atoms with Gasteiger partial charge in [0.15, 0.2) is 0 Å². The normalized spacial score (nSPS) is 17.9. The van der Waals surface area contributed by atoms with Crippen molar-refractivity contribution in [1.29, 1.82) is 0 Å². The molecule has 1 aliphatic rings. The number of fused-ring (bicyclic) bond motifs is 1. The predicted octanol–water partition coefficient (Wildman–Crippen LogP) is 6.16. The summed E-state index contributed by atoms with van der Waals surface area (Å²) < 4.78 is 19.1. The number of furan rings is 1. The Morgan fingerprint density at radius 3 is 2.73 bits per heavy atom. The molecule has 3 nitrogen and oxygen atoms in total. The van der Waals surface area contributed by atoms with Crippen LogP contribution in [0.15, 0.2) is 52.9 Å². The highest BCUT2D eigenvalue weighted by Crippen LogP contribution is 2.49. The zero-order chi connectivity index (χ0) is 20.9. The monoisotopic (exact) mass is 407 g/mol. The number of amides is 1. The van der Waals surface area contributed by atoms with Crippen LogP contribution in [0.5, 0.6) is 0 Å². The van der Waals surface area contributed by atoms with E-state index in [0.29, 0.717) is 18.3 Å². The van der Waals surface area contributed by atoms with Crippen molar-refractivity contribution in [2.75, 3.05) is 6.54 Å². The summed E-state index contributed by atoms with van der Waals surface area (Å²) in [7, 11) is 0. The molecular formula is C26H30FNO2. The van der Waals surface area contributed by atoms with Gasteiger partial charge in [0, 0.05) is 24.8 Å². The molecule has 1 N–H and O–H groups in total. The molecule has 0 radical (unpaired) electrons. The second-order valence-corrected chi connectivity index (χ2v) is 8.46. The number of carbonyl (C=O) groups is 1. The molecular weight excluding hydrogens is 377 g/mol. The Hall–Kier alpha value is -2.62. The number of benzene rings is 2. The van der Waals surface area contributed by atoms with Gasteiger partial charge in [-0.25, -0.2) is 4.39 Å². The summed E-state index contributed by atoms with van der Waals surface area (Å²) >= 11 is 0. The maximum Gasteiger partial charge on any atom is 0.219 e. The SMILES string of the molecule is CCCC(=O)NC[C@@H]1C[C@H]1c1cccc2oc(CCCCc3ccc(F)cc3)cc12. The second-order valence-electron chi connectivity index (χ2n) is 8.46. The fraction of sp³-hybridized carbons (Fsp3) is 0.423. The fourth-order valence-corrected chi connectivity index (χ4v) is 4.28. The number of halogens is 1. The molecule has 1 amide bonds. The van der Waals surface area contributed by atoms with Crippen molar-refractivity contribution >= 4 is 16.9 Å². The first-order chi connectivity index (χ1) is 14.6. The van der Waals surface area contributed by atoms with Gasteiger partial charge in [0.05, 0.1) is 0 Å². The molecule has 30 heavy (non-hydrogen) atoms. The number of carbonyl (C=O) groups excluding carboxylic acids is 1. The Bertz CT molecular complexity index is 992. The number of rotatable bonds is 10. The summed E-state index contributed by atoms with van der Waals surface area (Å²) in [5.41, 5.74) is 3.49. The Morgan fingerprint density at radius 1 is 1.13 bits per heavy atom. The molecule has 0 unspecified atom stereocenters. The molecule has 1 saturated carbocycles. The van der Waals surface area contributed by atoms with Crippen molar-refractivity contribution in [1.82, 2.24) is 5.32 Å². The first kappa shape index (κ1) is 20.6. The van der Waals surface area contributed by atoms with Gasteiger partial charge < -0.3 is 9.73 Å². The van der Waals surface area contributed by atoms with Crippen molar-refractivity contribution in [3.05, 3.63) is 71.2 Å². The number of unbranched alkanes of at least 4 members (excludes halogenated alkanes) is 1. The van der Waals surface area contributed by atoms with Crippen LogP contribution >= 0.6 is 0 Å². The van der Waals surface area contributed by atoms with Crippen molar-refractivity contribution in [3.63, 3.8) is 0 Å². The summed E-state index contributed by atoms with van der Waals surface area (Å²) in [4.78, 5) is 11.7. The number of aryl methyl sites for hydroxylation is 2. The second kappa shape index (κ2) is 9.46. The van der Waals surface area contributed by atoms with E-state index in [1.807, 2.05) is 25.1 Å². The third-order valence-electron chi connectivity index (χ3n) is 6.06. The molecule has 4 rings (SSSR count). The lowest BCUT2D eigenvalue weighted by Gasteiger charge is -2.04.